The van der Waals surface area contributed by atoms with Crippen LogP contribution in [0.25, 0.3) is 10.1 Å². The van der Waals surface area contributed by atoms with Crippen LogP contribution in [-0.2, 0) is 11.3 Å². The summed E-state index contributed by atoms with van der Waals surface area (Å²) in [5.74, 6) is -0.194. The van der Waals surface area contributed by atoms with Gasteiger partial charge in [0.2, 0.25) is 0 Å². The summed E-state index contributed by atoms with van der Waals surface area (Å²) in [6.45, 7) is 0.507. The zero-order chi connectivity index (χ0) is 15.5. The monoisotopic (exact) mass is 331 g/mol. The maximum absolute atomic E-state index is 12.5. The number of methoxy groups -OCH3 is 1. The van der Waals surface area contributed by atoms with E-state index in [4.69, 9.17) is 16.3 Å². The normalized spacial score (nSPS) is 10.8. The Balaban J connectivity index is 1.87. The molecule has 0 aliphatic carbocycles. The molecule has 0 spiro atoms. The number of thiophene rings is 1. The summed E-state index contributed by atoms with van der Waals surface area (Å²) in [6.07, 6.45) is 0. The minimum atomic E-state index is -0.194. The summed E-state index contributed by atoms with van der Waals surface area (Å²) in [4.78, 5) is 13.0. The van der Waals surface area contributed by atoms with E-state index in [1.807, 2.05) is 48.5 Å². The summed E-state index contributed by atoms with van der Waals surface area (Å²) in [5.41, 5.74) is 1.73. The van der Waals surface area contributed by atoms with Crippen LogP contribution in [0.15, 0.2) is 48.5 Å². The molecule has 2 aromatic carbocycles. The molecule has 3 aromatic rings. The van der Waals surface area contributed by atoms with E-state index in [-0.39, 0.29) is 5.91 Å². The van der Waals surface area contributed by atoms with Crippen LogP contribution in [0.1, 0.15) is 15.2 Å². The smallest absolute Gasteiger partial charge is 0.267 e. The highest BCUT2D eigenvalue weighted by atomic mass is 35.5. The van der Waals surface area contributed by atoms with E-state index in [0.29, 0.717) is 16.5 Å². The number of rotatable bonds is 4. The van der Waals surface area contributed by atoms with Crippen molar-refractivity contribution in [3.8, 4) is 0 Å². The van der Waals surface area contributed by atoms with Crippen LogP contribution < -0.4 is 5.32 Å². The van der Waals surface area contributed by atoms with Crippen molar-refractivity contribution in [1.82, 2.24) is 0 Å². The number of halogens is 1. The summed E-state index contributed by atoms with van der Waals surface area (Å²) in [7, 11) is 1.64. The molecule has 3 nitrogen and oxygen atoms in total. The van der Waals surface area contributed by atoms with E-state index in [9.17, 15) is 4.79 Å². The summed E-state index contributed by atoms with van der Waals surface area (Å²) < 4.78 is 6.11. The number of amides is 1. The van der Waals surface area contributed by atoms with Gasteiger partial charge in [0.25, 0.3) is 5.91 Å². The molecule has 1 heterocycles. The molecule has 0 radical (unpaired) electrons. The Morgan fingerprint density at radius 1 is 1.23 bits per heavy atom. The van der Waals surface area contributed by atoms with Crippen LogP contribution in [0.3, 0.4) is 0 Å². The third-order valence-electron chi connectivity index (χ3n) is 3.24. The average Bonchev–Trinajstić information content (AvgIpc) is 2.86. The van der Waals surface area contributed by atoms with Crippen LogP contribution in [0.4, 0.5) is 5.69 Å². The molecule has 0 aliphatic heterocycles. The van der Waals surface area contributed by atoms with Gasteiger partial charge in [0.15, 0.2) is 0 Å². The molecule has 0 unspecified atom stereocenters. The van der Waals surface area contributed by atoms with Gasteiger partial charge in [0.1, 0.15) is 4.88 Å². The number of anilines is 1. The fourth-order valence-electron chi connectivity index (χ4n) is 2.25. The van der Waals surface area contributed by atoms with Gasteiger partial charge in [-0.15, -0.1) is 11.3 Å². The number of nitrogens with one attached hydrogen (secondary N) is 1. The van der Waals surface area contributed by atoms with Crippen LogP contribution in [0.5, 0.6) is 0 Å². The van der Waals surface area contributed by atoms with E-state index in [1.165, 1.54) is 11.3 Å². The summed E-state index contributed by atoms with van der Waals surface area (Å²) in [5, 5.41) is 4.31. The lowest BCUT2D eigenvalue weighted by molar-refractivity contribution is 0.103. The maximum Gasteiger partial charge on any atom is 0.267 e. The van der Waals surface area contributed by atoms with Crippen molar-refractivity contribution in [2.45, 2.75) is 6.61 Å². The van der Waals surface area contributed by atoms with Gasteiger partial charge in [0.05, 0.1) is 11.6 Å². The molecule has 0 fully saturated rings. The van der Waals surface area contributed by atoms with Crippen molar-refractivity contribution in [1.29, 1.82) is 0 Å². The minimum Gasteiger partial charge on any atom is -0.380 e. The van der Waals surface area contributed by atoms with Gasteiger partial charge in [-0.05, 0) is 23.8 Å². The van der Waals surface area contributed by atoms with E-state index in [2.05, 4.69) is 5.32 Å². The van der Waals surface area contributed by atoms with Gasteiger partial charge in [-0.25, -0.2) is 0 Å². The first-order valence-corrected chi connectivity index (χ1v) is 7.95. The predicted octanol–water partition coefficient (Wildman–Crippen LogP) is 4.95. The molecule has 5 heteroatoms. The van der Waals surface area contributed by atoms with E-state index in [0.717, 1.165) is 21.3 Å². The van der Waals surface area contributed by atoms with E-state index >= 15 is 0 Å². The van der Waals surface area contributed by atoms with Crippen molar-refractivity contribution >= 4 is 44.6 Å². The highest BCUT2D eigenvalue weighted by molar-refractivity contribution is 7.21. The standard InChI is InChI=1S/C17H14ClNO2S/c1-21-10-11-5-4-6-12(9-11)19-17(20)16-15(18)13-7-2-3-8-14(13)22-16/h2-9H,10H2,1H3,(H,19,20). The van der Waals surface area contributed by atoms with Gasteiger partial charge in [-0.2, -0.15) is 0 Å². The molecule has 1 amide bonds. The highest BCUT2D eigenvalue weighted by Crippen LogP contribution is 2.35. The van der Waals surface area contributed by atoms with Crippen LogP contribution in [0, 0.1) is 0 Å². The number of fused-ring (bicyclic) bond motifs is 1. The van der Waals surface area contributed by atoms with Crippen molar-refractivity contribution in [2.24, 2.45) is 0 Å². The number of hydrogen-bond acceptors (Lipinski definition) is 3. The first-order valence-electron chi connectivity index (χ1n) is 6.75. The molecule has 0 saturated carbocycles. The Morgan fingerprint density at radius 2 is 2.05 bits per heavy atom. The molecule has 0 bridgehead atoms. The Kier molecular flexibility index (Phi) is 4.43. The molecule has 1 aromatic heterocycles. The average molecular weight is 332 g/mol. The largest absolute Gasteiger partial charge is 0.380 e. The fourth-order valence-corrected chi connectivity index (χ4v) is 3.67. The number of benzene rings is 2. The number of hydrogen-bond donors (Lipinski definition) is 1. The quantitative estimate of drug-likeness (QED) is 0.734. The molecule has 3 rings (SSSR count). The second-order valence-electron chi connectivity index (χ2n) is 4.83. The zero-order valence-corrected chi connectivity index (χ0v) is 13.5. The molecule has 0 atom stereocenters. The van der Waals surface area contributed by atoms with Crippen molar-refractivity contribution in [2.75, 3.05) is 12.4 Å². The molecule has 1 N–H and O–H groups in total. The topological polar surface area (TPSA) is 38.3 Å². The van der Waals surface area contributed by atoms with Gasteiger partial charge < -0.3 is 10.1 Å². The molecule has 0 aliphatic rings. The molecule has 0 saturated heterocycles. The molecular weight excluding hydrogens is 318 g/mol. The Hall–Kier alpha value is -1.88. The van der Waals surface area contributed by atoms with Crippen LogP contribution in [0.2, 0.25) is 5.02 Å². The second-order valence-corrected chi connectivity index (χ2v) is 6.26. The fraction of sp³-hybridized carbons (Fsp3) is 0.118. The third kappa shape index (κ3) is 2.99. The lowest BCUT2D eigenvalue weighted by Gasteiger charge is -2.06. The van der Waals surface area contributed by atoms with E-state index in [1.54, 1.807) is 7.11 Å². The van der Waals surface area contributed by atoms with Crippen molar-refractivity contribution in [3.63, 3.8) is 0 Å². The summed E-state index contributed by atoms with van der Waals surface area (Å²) in [6, 6.07) is 15.3. The van der Waals surface area contributed by atoms with Crippen molar-refractivity contribution < 1.29 is 9.53 Å². The number of ether oxygens (including phenoxy) is 1. The Bertz CT molecular complexity index is 828. The van der Waals surface area contributed by atoms with E-state index < -0.39 is 0 Å². The highest BCUT2D eigenvalue weighted by Gasteiger charge is 2.17. The lowest BCUT2D eigenvalue weighted by atomic mass is 10.2. The second kappa shape index (κ2) is 6.48. The molecular formula is C17H14ClNO2S. The van der Waals surface area contributed by atoms with Gasteiger partial charge in [0, 0.05) is 22.9 Å². The molecule has 112 valence electrons. The summed E-state index contributed by atoms with van der Waals surface area (Å²) >= 11 is 7.73. The maximum atomic E-state index is 12.5. The van der Waals surface area contributed by atoms with Crippen molar-refractivity contribution in [3.05, 3.63) is 64.0 Å². The first kappa shape index (κ1) is 15.0. The SMILES string of the molecule is COCc1cccc(NC(=O)c2sc3ccccc3c2Cl)c1. The van der Waals surface area contributed by atoms with Gasteiger partial charge in [-0.1, -0.05) is 41.9 Å². The number of carbonyl (C=O) groups is 1. The Labute approximate surface area is 137 Å². The Morgan fingerprint density at radius 3 is 2.82 bits per heavy atom. The van der Waals surface area contributed by atoms with Crippen LogP contribution >= 0.6 is 22.9 Å². The van der Waals surface area contributed by atoms with Gasteiger partial charge in [-0.3, -0.25) is 4.79 Å². The van der Waals surface area contributed by atoms with Crippen LogP contribution in [-0.4, -0.2) is 13.0 Å². The zero-order valence-electron chi connectivity index (χ0n) is 11.9. The molecule has 22 heavy (non-hydrogen) atoms. The third-order valence-corrected chi connectivity index (χ3v) is 4.91. The first-order chi connectivity index (χ1) is 10.7. The predicted molar refractivity (Wildman–Crippen MR) is 91.9 cm³/mol. The van der Waals surface area contributed by atoms with Gasteiger partial charge >= 0.3 is 0 Å². The number of carbonyl (C=O) groups excluding carboxylic acids is 1. The minimum absolute atomic E-state index is 0.194. The lowest BCUT2D eigenvalue weighted by Crippen LogP contribution is -2.10.